The molecule has 0 spiro atoms. The number of amides is 1. The number of aromatic nitrogens is 2. The van der Waals surface area contributed by atoms with Crippen LogP contribution in [-0.4, -0.2) is 71.2 Å². The quantitative estimate of drug-likeness (QED) is 0.756. The Morgan fingerprint density at radius 3 is 2.79 bits per heavy atom. The number of fused-ring (bicyclic) bond motifs is 1. The third-order valence-corrected chi connectivity index (χ3v) is 4.77. The Morgan fingerprint density at radius 1 is 1.46 bits per heavy atom. The molecule has 1 aliphatic heterocycles. The first-order valence-electron chi connectivity index (χ1n) is 8.15. The predicted octanol–water partition coefficient (Wildman–Crippen LogP) is 0.973. The van der Waals surface area contributed by atoms with Crippen LogP contribution in [-0.2, 0) is 17.8 Å². The van der Waals surface area contributed by atoms with Gasteiger partial charge in [0.2, 0.25) is 11.9 Å². The largest absolute Gasteiger partial charge is 0.394 e. The van der Waals surface area contributed by atoms with Gasteiger partial charge in [-0.1, -0.05) is 0 Å². The van der Waals surface area contributed by atoms with Gasteiger partial charge in [0.15, 0.2) is 0 Å². The monoisotopic (exact) mass is 353 g/mol. The van der Waals surface area contributed by atoms with Crippen LogP contribution in [0.5, 0.6) is 0 Å². The lowest BCUT2D eigenvalue weighted by Gasteiger charge is -2.30. The van der Waals surface area contributed by atoms with Crippen LogP contribution in [0, 0.1) is 0 Å². The summed E-state index contributed by atoms with van der Waals surface area (Å²) in [7, 11) is 3.79. The molecule has 0 fully saturated rings. The van der Waals surface area contributed by atoms with Crippen molar-refractivity contribution in [1.29, 1.82) is 0 Å². The van der Waals surface area contributed by atoms with Gasteiger partial charge in [-0.05, 0) is 24.9 Å². The average Bonchev–Trinajstić information content (AvgIpc) is 2.57. The van der Waals surface area contributed by atoms with E-state index in [9.17, 15) is 9.90 Å². The molecule has 1 aromatic heterocycles. The summed E-state index contributed by atoms with van der Waals surface area (Å²) in [6.07, 6.45) is 3.65. The Morgan fingerprint density at radius 2 is 2.21 bits per heavy atom. The Bertz CT molecular complexity index is 582. The standard InChI is InChI=1S/C16H27N5O2S/c1-11(23)21-7-5-13-14(9-21)18-16(20(2)3)19-15(13)17-12(10-22)6-8-24-4/h12,22H,5-10H2,1-4H3,(H,17,18,19)/t12-/m0/s1. The van der Waals surface area contributed by atoms with Gasteiger partial charge in [-0.15, -0.1) is 0 Å². The second-order valence-electron chi connectivity index (χ2n) is 6.19. The Kier molecular flexibility index (Phi) is 6.68. The maximum absolute atomic E-state index is 11.7. The molecule has 2 rings (SSSR count). The highest BCUT2D eigenvalue weighted by atomic mass is 32.2. The molecule has 0 radical (unpaired) electrons. The minimum atomic E-state index is -0.0303. The molecule has 1 atom stereocenters. The number of hydrogen-bond donors (Lipinski definition) is 2. The van der Waals surface area contributed by atoms with E-state index in [1.165, 1.54) is 0 Å². The van der Waals surface area contributed by atoms with Crippen molar-refractivity contribution in [3.05, 3.63) is 11.3 Å². The molecule has 1 aromatic rings. The minimum absolute atomic E-state index is 0.0303. The van der Waals surface area contributed by atoms with Gasteiger partial charge in [-0.2, -0.15) is 16.7 Å². The Labute approximate surface area is 147 Å². The molecule has 1 amide bonds. The molecule has 134 valence electrons. The first-order valence-corrected chi connectivity index (χ1v) is 9.54. The van der Waals surface area contributed by atoms with E-state index in [4.69, 9.17) is 0 Å². The molecular weight excluding hydrogens is 326 g/mol. The number of aliphatic hydroxyl groups is 1. The van der Waals surface area contributed by atoms with E-state index in [2.05, 4.69) is 21.5 Å². The fourth-order valence-corrected chi connectivity index (χ4v) is 3.19. The molecule has 8 heteroatoms. The van der Waals surface area contributed by atoms with Crippen molar-refractivity contribution >= 4 is 29.4 Å². The average molecular weight is 353 g/mol. The number of hydrogen-bond acceptors (Lipinski definition) is 7. The van der Waals surface area contributed by atoms with Crippen molar-refractivity contribution in [2.24, 2.45) is 0 Å². The number of carbonyl (C=O) groups is 1. The highest BCUT2D eigenvalue weighted by Gasteiger charge is 2.25. The van der Waals surface area contributed by atoms with Crippen molar-refractivity contribution in [1.82, 2.24) is 14.9 Å². The zero-order chi connectivity index (χ0) is 17.7. The molecular formula is C16H27N5O2S. The molecule has 0 unspecified atom stereocenters. The number of thioether (sulfide) groups is 1. The van der Waals surface area contributed by atoms with Gasteiger partial charge in [0.1, 0.15) is 5.82 Å². The van der Waals surface area contributed by atoms with Crippen molar-refractivity contribution in [2.45, 2.75) is 32.4 Å². The van der Waals surface area contributed by atoms with Crippen molar-refractivity contribution in [3.8, 4) is 0 Å². The van der Waals surface area contributed by atoms with Crippen LogP contribution in [0.15, 0.2) is 0 Å². The van der Waals surface area contributed by atoms with Gasteiger partial charge in [0.05, 0.1) is 24.9 Å². The predicted molar refractivity (Wildman–Crippen MR) is 98.6 cm³/mol. The minimum Gasteiger partial charge on any atom is -0.394 e. The Balaban J connectivity index is 2.31. The second-order valence-corrected chi connectivity index (χ2v) is 7.17. The van der Waals surface area contributed by atoms with E-state index in [0.29, 0.717) is 19.0 Å². The van der Waals surface area contributed by atoms with E-state index in [0.717, 1.165) is 35.7 Å². The van der Waals surface area contributed by atoms with E-state index >= 15 is 0 Å². The maximum Gasteiger partial charge on any atom is 0.227 e. The van der Waals surface area contributed by atoms with Crippen molar-refractivity contribution < 1.29 is 9.90 Å². The molecule has 0 aliphatic carbocycles. The van der Waals surface area contributed by atoms with Crippen molar-refractivity contribution in [2.75, 3.05) is 49.5 Å². The van der Waals surface area contributed by atoms with E-state index in [-0.39, 0.29) is 18.6 Å². The summed E-state index contributed by atoms with van der Waals surface area (Å²) in [5.41, 5.74) is 1.94. The lowest BCUT2D eigenvalue weighted by molar-refractivity contribution is -0.129. The third kappa shape index (κ3) is 4.51. The molecule has 7 nitrogen and oxygen atoms in total. The molecule has 0 aromatic carbocycles. The zero-order valence-electron chi connectivity index (χ0n) is 14.9. The fraction of sp³-hybridized carbons (Fsp3) is 0.688. The molecule has 0 bridgehead atoms. The fourth-order valence-electron chi connectivity index (χ4n) is 2.67. The SMILES string of the molecule is CSCC[C@@H](CO)Nc1nc(N(C)C)nc2c1CCN(C(C)=O)C2. The van der Waals surface area contributed by atoms with Crippen LogP contribution in [0.4, 0.5) is 11.8 Å². The summed E-state index contributed by atoms with van der Waals surface area (Å²) >= 11 is 1.76. The van der Waals surface area contributed by atoms with Crippen molar-refractivity contribution in [3.63, 3.8) is 0 Å². The summed E-state index contributed by atoms with van der Waals surface area (Å²) in [4.78, 5) is 24.6. The first-order chi connectivity index (χ1) is 11.5. The van der Waals surface area contributed by atoms with Gasteiger partial charge < -0.3 is 20.2 Å². The topological polar surface area (TPSA) is 81.6 Å². The summed E-state index contributed by atoms with van der Waals surface area (Å²) < 4.78 is 0. The summed E-state index contributed by atoms with van der Waals surface area (Å²) in [5.74, 6) is 2.44. The molecule has 0 saturated carbocycles. The zero-order valence-corrected chi connectivity index (χ0v) is 15.7. The van der Waals surface area contributed by atoms with Gasteiger partial charge in [0.25, 0.3) is 0 Å². The normalized spacial score (nSPS) is 15.0. The van der Waals surface area contributed by atoms with Crippen LogP contribution >= 0.6 is 11.8 Å². The van der Waals surface area contributed by atoms with Crippen LogP contribution < -0.4 is 10.2 Å². The van der Waals surface area contributed by atoms with E-state index < -0.39 is 0 Å². The second kappa shape index (κ2) is 8.53. The van der Waals surface area contributed by atoms with E-state index in [1.54, 1.807) is 23.6 Å². The lowest BCUT2D eigenvalue weighted by atomic mass is 10.0. The number of nitrogens with zero attached hydrogens (tertiary/aromatic N) is 4. The first kappa shape index (κ1) is 18.8. The van der Waals surface area contributed by atoms with Crippen LogP contribution in [0.1, 0.15) is 24.6 Å². The molecule has 2 N–H and O–H groups in total. The number of anilines is 2. The molecule has 1 aliphatic rings. The maximum atomic E-state index is 11.7. The number of carbonyl (C=O) groups excluding carboxylic acids is 1. The summed E-state index contributed by atoms with van der Waals surface area (Å²) in [6.45, 7) is 2.84. The number of nitrogens with one attached hydrogen (secondary N) is 1. The van der Waals surface area contributed by atoms with Gasteiger partial charge in [-0.25, -0.2) is 4.98 Å². The smallest absolute Gasteiger partial charge is 0.227 e. The van der Waals surface area contributed by atoms with Gasteiger partial charge in [0, 0.05) is 33.1 Å². The molecule has 24 heavy (non-hydrogen) atoms. The summed E-state index contributed by atoms with van der Waals surface area (Å²) in [5, 5.41) is 13.0. The van der Waals surface area contributed by atoms with E-state index in [1.807, 2.05) is 19.0 Å². The summed E-state index contributed by atoms with van der Waals surface area (Å²) in [6, 6.07) is -0.0303. The lowest BCUT2D eigenvalue weighted by Crippen LogP contribution is -2.36. The number of rotatable bonds is 7. The molecule has 2 heterocycles. The third-order valence-electron chi connectivity index (χ3n) is 4.13. The molecule has 0 saturated heterocycles. The van der Waals surface area contributed by atoms with Crippen LogP contribution in [0.2, 0.25) is 0 Å². The highest BCUT2D eigenvalue weighted by Crippen LogP contribution is 2.26. The van der Waals surface area contributed by atoms with Crippen LogP contribution in [0.3, 0.4) is 0 Å². The highest BCUT2D eigenvalue weighted by molar-refractivity contribution is 7.98. The van der Waals surface area contributed by atoms with Crippen LogP contribution in [0.25, 0.3) is 0 Å². The number of aliphatic hydroxyl groups excluding tert-OH is 1. The van der Waals surface area contributed by atoms with Gasteiger partial charge >= 0.3 is 0 Å². The van der Waals surface area contributed by atoms with Gasteiger partial charge in [-0.3, -0.25) is 4.79 Å². The Hall–Kier alpha value is -1.54.